The van der Waals surface area contributed by atoms with E-state index in [9.17, 15) is 9.59 Å². The molecule has 1 aliphatic rings. The van der Waals surface area contributed by atoms with Gasteiger partial charge in [0, 0.05) is 20.1 Å². The highest BCUT2D eigenvalue weighted by Crippen LogP contribution is 2.19. The van der Waals surface area contributed by atoms with Crippen LogP contribution in [0.25, 0.3) is 0 Å². The molecule has 1 saturated heterocycles. The fraction of sp³-hybridized carbons (Fsp3) is 0.833. The minimum absolute atomic E-state index is 0.147. The number of nitrogens with zero attached hydrogens (tertiary/aromatic N) is 2. The van der Waals surface area contributed by atoms with Crippen LogP contribution >= 0.6 is 0 Å². The molecule has 5 heteroatoms. The van der Waals surface area contributed by atoms with Gasteiger partial charge in [-0.15, -0.1) is 0 Å². The highest BCUT2D eigenvalue weighted by atomic mass is 16.4. The van der Waals surface area contributed by atoms with Gasteiger partial charge in [-0.2, -0.15) is 0 Å². The van der Waals surface area contributed by atoms with Crippen molar-refractivity contribution in [2.24, 2.45) is 0 Å². The van der Waals surface area contributed by atoms with Crippen molar-refractivity contribution in [2.45, 2.75) is 45.1 Å². The van der Waals surface area contributed by atoms with Crippen LogP contribution in [0, 0.1) is 0 Å². The molecular formula is C12H22N2O3. The van der Waals surface area contributed by atoms with Crippen LogP contribution in [0.1, 0.15) is 39.0 Å². The summed E-state index contributed by atoms with van der Waals surface area (Å²) >= 11 is 0. The zero-order valence-corrected chi connectivity index (χ0v) is 10.7. The van der Waals surface area contributed by atoms with E-state index in [0.717, 1.165) is 25.7 Å². The molecule has 0 bridgehead atoms. The summed E-state index contributed by atoms with van der Waals surface area (Å²) in [6, 6.07) is -0.776. The Bertz CT molecular complexity index is 281. The molecule has 0 radical (unpaired) electrons. The molecule has 0 spiro atoms. The van der Waals surface area contributed by atoms with Crippen molar-refractivity contribution >= 4 is 12.0 Å². The minimum Gasteiger partial charge on any atom is -0.480 e. The Morgan fingerprint density at radius 1 is 1.41 bits per heavy atom. The fourth-order valence-electron chi connectivity index (χ4n) is 2.17. The molecule has 98 valence electrons. The van der Waals surface area contributed by atoms with E-state index >= 15 is 0 Å². The van der Waals surface area contributed by atoms with Gasteiger partial charge in [-0.25, -0.2) is 9.59 Å². The average molecular weight is 242 g/mol. The number of likely N-dealkylation sites (tertiary alicyclic amines) is 1. The van der Waals surface area contributed by atoms with Crippen molar-refractivity contribution in [1.29, 1.82) is 0 Å². The smallest absolute Gasteiger partial charge is 0.326 e. The lowest BCUT2D eigenvalue weighted by molar-refractivity contribution is -0.141. The number of hydrogen-bond acceptors (Lipinski definition) is 2. The van der Waals surface area contributed by atoms with E-state index in [2.05, 4.69) is 6.92 Å². The summed E-state index contributed by atoms with van der Waals surface area (Å²) in [4.78, 5) is 26.1. The zero-order valence-electron chi connectivity index (χ0n) is 10.7. The molecule has 0 aromatic carbocycles. The predicted molar refractivity (Wildman–Crippen MR) is 64.9 cm³/mol. The van der Waals surface area contributed by atoms with E-state index in [0.29, 0.717) is 19.5 Å². The average Bonchev–Trinajstić information content (AvgIpc) is 2.77. The second-order valence-electron chi connectivity index (χ2n) is 4.60. The molecule has 0 unspecified atom stereocenters. The van der Waals surface area contributed by atoms with Crippen molar-refractivity contribution in [3.63, 3.8) is 0 Å². The lowest BCUT2D eigenvalue weighted by atomic mass is 10.2. The van der Waals surface area contributed by atoms with E-state index < -0.39 is 12.0 Å². The monoisotopic (exact) mass is 242 g/mol. The van der Waals surface area contributed by atoms with Crippen LogP contribution in [-0.2, 0) is 4.79 Å². The van der Waals surface area contributed by atoms with Crippen molar-refractivity contribution in [2.75, 3.05) is 20.1 Å². The first kappa shape index (κ1) is 13.8. The number of carboxylic acids is 1. The molecule has 2 amide bonds. The van der Waals surface area contributed by atoms with Gasteiger partial charge in [-0.1, -0.05) is 19.8 Å². The van der Waals surface area contributed by atoms with Gasteiger partial charge >= 0.3 is 12.0 Å². The van der Waals surface area contributed by atoms with Crippen LogP contribution in [-0.4, -0.2) is 53.1 Å². The first-order valence-electron chi connectivity index (χ1n) is 6.32. The van der Waals surface area contributed by atoms with Crippen LogP contribution in [0.5, 0.6) is 0 Å². The lowest BCUT2D eigenvalue weighted by Crippen LogP contribution is -2.46. The molecule has 0 saturated carbocycles. The van der Waals surface area contributed by atoms with Crippen molar-refractivity contribution in [1.82, 2.24) is 9.80 Å². The van der Waals surface area contributed by atoms with Gasteiger partial charge in [-0.3, -0.25) is 0 Å². The van der Waals surface area contributed by atoms with E-state index in [1.54, 1.807) is 11.9 Å². The molecule has 1 heterocycles. The normalized spacial score (nSPS) is 19.4. The molecule has 5 nitrogen and oxygen atoms in total. The molecular weight excluding hydrogens is 220 g/mol. The van der Waals surface area contributed by atoms with Crippen molar-refractivity contribution in [3.8, 4) is 0 Å². The fourth-order valence-corrected chi connectivity index (χ4v) is 2.17. The SMILES string of the molecule is CCCCCN(C)C(=O)N1CCC[C@@H]1C(=O)O. The Morgan fingerprint density at radius 2 is 2.12 bits per heavy atom. The second-order valence-corrected chi connectivity index (χ2v) is 4.60. The summed E-state index contributed by atoms with van der Waals surface area (Å²) in [5.41, 5.74) is 0. The Morgan fingerprint density at radius 3 is 2.71 bits per heavy atom. The number of urea groups is 1. The minimum atomic E-state index is -0.891. The Balaban J connectivity index is 2.47. The molecule has 0 aliphatic carbocycles. The summed E-state index contributed by atoms with van der Waals surface area (Å²) in [6.07, 6.45) is 4.54. The van der Waals surface area contributed by atoms with Crippen molar-refractivity contribution < 1.29 is 14.7 Å². The molecule has 0 aromatic rings. The molecule has 1 atom stereocenters. The summed E-state index contributed by atoms with van der Waals surface area (Å²) in [5.74, 6) is -0.891. The molecule has 1 rings (SSSR count). The van der Waals surface area contributed by atoms with Gasteiger partial charge in [0.15, 0.2) is 0 Å². The van der Waals surface area contributed by atoms with Gasteiger partial charge in [0.05, 0.1) is 0 Å². The molecule has 1 aliphatic heterocycles. The Hall–Kier alpha value is -1.26. The first-order chi connectivity index (χ1) is 8.07. The summed E-state index contributed by atoms with van der Waals surface area (Å²) in [6.45, 7) is 3.38. The van der Waals surface area contributed by atoms with E-state index in [4.69, 9.17) is 5.11 Å². The van der Waals surface area contributed by atoms with Gasteiger partial charge in [0.1, 0.15) is 6.04 Å². The lowest BCUT2D eigenvalue weighted by Gasteiger charge is -2.27. The number of amides is 2. The predicted octanol–water partition coefficient (Wildman–Crippen LogP) is 1.78. The topological polar surface area (TPSA) is 60.9 Å². The van der Waals surface area contributed by atoms with Crippen LogP contribution in [0.2, 0.25) is 0 Å². The van der Waals surface area contributed by atoms with Crippen LogP contribution in [0.4, 0.5) is 4.79 Å². The Labute approximate surface area is 102 Å². The van der Waals surface area contributed by atoms with Crippen molar-refractivity contribution in [3.05, 3.63) is 0 Å². The number of rotatable bonds is 5. The number of carbonyl (C=O) groups excluding carboxylic acids is 1. The summed E-state index contributed by atoms with van der Waals surface area (Å²) in [5, 5.41) is 9.02. The number of hydrogen-bond donors (Lipinski definition) is 1. The standard InChI is InChI=1S/C12H22N2O3/c1-3-4-5-8-13(2)12(17)14-9-6-7-10(14)11(15)16/h10H,3-9H2,1-2H3,(H,15,16)/t10-/m1/s1. The van der Waals surface area contributed by atoms with Gasteiger partial charge in [0.25, 0.3) is 0 Å². The van der Waals surface area contributed by atoms with E-state index in [1.165, 1.54) is 4.90 Å². The highest BCUT2D eigenvalue weighted by molar-refractivity contribution is 5.83. The largest absolute Gasteiger partial charge is 0.480 e. The van der Waals surface area contributed by atoms with Crippen LogP contribution in [0.3, 0.4) is 0 Å². The Kier molecular flexibility index (Phi) is 5.25. The first-order valence-corrected chi connectivity index (χ1v) is 6.32. The van der Waals surface area contributed by atoms with E-state index in [1.807, 2.05) is 0 Å². The second kappa shape index (κ2) is 6.47. The number of unbranched alkanes of at least 4 members (excludes halogenated alkanes) is 2. The third kappa shape index (κ3) is 3.61. The maximum atomic E-state index is 12.0. The third-order valence-corrected chi connectivity index (χ3v) is 3.21. The quantitative estimate of drug-likeness (QED) is 0.747. The summed E-state index contributed by atoms with van der Waals surface area (Å²) < 4.78 is 0. The molecule has 1 fully saturated rings. The van der Waals surface area contributed by atoms with Gasteiger partial charge in [0.2, 0.25) is 0 Å². The molecule has 1 N–H and O–H groups in total. The van der Waals surface area contributed by atoms with E-state index in [-0.39, 0.29) is 6.03 Å². The maximum absolute atomic E-state index is 12.0. The third-order valence-electron chi connectivity index (χ3n) is 3.21. The van der Waals surface area contributed by atoms with Gasteiger partial charge < -0.3 is 14.9 Å². The highest BCUT2D eigenvalue weighted by Gasteiger charge is 2.35. The van der Waals surface area contributed by atoms with Crippen LogP contribution in [0.15, 0.2) is 0 Å². The molecule has 0 aromatic heterocycles. The number of carbonyl (C=O) groups is 2. The number of carboxylic acid groups (broad SMARTS) is 1. The molecule has 17 heavy (non-hydrogen) atoms. The number of aliphatic carboxylic acids is 1. The zero-order chi connectivity index (χ0) is 12.8. The summed E-state index contributed by atoms with van der Waals surface area (Å²) in [7, 11) is 1.75. The van der Waals surface area contributed by atoms with Gasteiger partial charge in [-0.05, 0) is 19.3 Å². The maximum Gasteiger partial charge on any atom is 0.326 e. The van der Waals surface area contributed by atoms with Crippen LogP contribution < -0.4 is 0 Å².